The fourth-order valence-electron chi connectivity index (χ4n) is 1.26. The van der Waals surface area contributed by atoms with Gasteiger partial charge in [0.25, 0.3) is 0 Å². The third-order valence-electron chi connectivity index (χ3n) is 2.13. The van der Waals surface area contributed by atoms with Crippen LogP contribution in [0.1, 0.15) is 6.92 Å². The molecule has 0 aliphatic carbocycles. The topological polar surface area (TPSA) is 84.9 Å². The molecule has 12 heavy (non-hydrogen) atoms. The summed E-state index contributed by atoms with van der Waals surface area (Å²) in [6.07, 6.45) is -2.96. The van der Waals surface area contributed by atoms with Crippen LogP contribution in [0.3, 0.4) is 0 Å². The number of aliphatic hydroxyl groups excluding tert-OH is 2. The molecule has 1 aliphatic rings. The highest BCUT2D eigenvalue weighted by atomic mass is 16.7. The van der Waals surface area contributed by atoms with E-state index in [1.165, 1.54) is 7.11 Å². The number of hydrogen-bond acceptors (Lipinski definition) is 5. The molecule has 1 rings (SSSR count). The first-order valence-corrected chi connectivity index (χ1v) is 3.88. The van der Waals surface area contributed by atoms with E-state index in [0.29, 0.717) is 0 Å². The molecule has 1 heterocycles. The molecule has 0 saturated carbocycles. The minimum atomic E-state index is -0.971. The third-order valence-corrected chi connectivity index (χ3v) is 2.13. The average molecular weight is 177 g/mol. The smallest absolute Gasteiger partial charge is 0.185 e. The van der Waals surface area contributed by atoms with E-state index in [4.69, 9.17) is 15.2 Å². The maximum Gasteiger partial charge on any atom is 0.185 e. The van der Waals surface area contributed by atoms with Crippen molar-refractivity contribution < 1.29 is 19.7 Å². The first-order valence-electron chi connectivity index (χ1n) is 3.88. The molecule has 5 heteroatoms. The van der Waals surface area contributed by atoms with Crippen LogP contribution in [-0.2, 0) is 9.47 Å². The molecule has 0 bridgehead atoms. The molecule has 0 spiro atoms. The molecular formula is C7H15NO4. The highest BCUT2D eigenvalue weighted by Crippen LogP contribution is 2.19. The van der Waals surface area contributed by atoms with E-state index < -0.39 is 30.6 Å². The molecule has 0 aromatic carbocycles. The van der Waals surface area contributed by atoms with Crippen molar-refractivity contribution in [2.45, 2.75) is 37.6 Å². The van der Waals surface area contributed by atoms with Crippen molar-refractivity contribution in [3.63, 3.8) is 0 Å². The van der Waals surface area contributed by atoms with E-state index in [2.05, 4.69) is 0 Å². The van der Waals surface area contributed by atoms with Crippen LogP contribution in [0.2, 0.25) is 0 Å². The van der Waals surface area contributed by atoms with Gasteiger partial charge < -0.3 is 25.4 Å². The van der Waals surface area contributed by atoms with Gasteiger partial charge >= 0.3 is 0 Å². The van der Waals surface area contributed by atoms with Crippen molar-refractivity contribution in [3.05, 3.63) is 0 Å². The van der Waals surface area contributed by atoms with Crippen molar-refractivity contribution in [2.75, 3.05) is 7.11 Å². The summed E-state index contributed by atoms with van der Waals surface area (Å²) in [4.78, 5) is 0. The second-order valence-electron chi connectivity index (χ2n) is 3.00. The molecular weight excluding hydrogens is 162 g/mol. The minimum Gasteiger partial charge on any atom is -0.389 e. The zero-order chi connectivity index (χ0) is 9.30. The Hall–Kier alpha value is -0.200. The van der Waals surface area contributed by atoms with E-state index in [-0.39, 0.29) is 0 Å². The maximum absolute atomic E-state index is 9.39. The second-order valence-corrected chi connectivity index (χ2v) is 3.00. The standard InChI is InChI=1S/C7H15NO4/c1-3-5(9)4(8)6(10)7(11-2)12-3/h3-7,9-10H,8H2,1-2H3/t3-,4+,5-,6-,7+/m0/s1. The van der Waals surface area contributed by atoms with E-state index in [1.807, 2.05) is 0 Å². The molecule has 0 unspecified atom stereocenters. The van der Waals surface area contributed by atoms with Gasteiger partial charge in [-0.2, -0.15) is 0 Å². The first-order chi connectivity index (χ1) is 5.57. The molecule has 1 aliphatic heterocycles. The summed E-state index contributed by atoms with van der Waals surface area (Å²) in [6.45, 7) is 1.68. The number of methoxy groups -OCH3 is 1. The van der Waals surface area contributed by atoms with Crippen LogP contribution < -0.4 is 5.73 Å². The largest absolute Gasteiger partial charge is 0.389 e. The Kier molecular flexibility index (Phi) is 3.03. The molecule has 1 fully saturated rings. The average Bonchev–Trinajstić information content (AvgIpc) is 2.08. The summed E-state index contributed by atoms with van der Waals surface area (Å²) in [5.74, 6) is 0. The molecule has 1 saturated heterocycles. The van der Waals surface area contributed by atoms with Gasteiger partial charge in [-0.05, 0) is 6.92 Å². The normalized spacial score (nSPS) is 49.2. The summed E-state index contributed by atoms with van der Waals surface area (Å²) < 4.78 is 9.96. The van der Waals surface area contributed by atoms with Gasteiger partial charge in [0.1, 0.15) is 6.10 Å². The van der Waals surface area contributed by atoms with Crippen LogP contribution in [0.15, 0.2) is 0 Å². The van der Waals surface area contributed by atoms with Gasteiger partial charge in [-0.25, -0.2) is 0 Å². The van der Waals surface area contributed by atoms with Gasteiger partial charge in [0.15, 0.2) is 6.29 Å². The molecule has 0 aromatic heterocycles. The number of hydrogen-bond donors (Lipinski definition) is 3. The van der Waals surface area contributed by atoms with Crippen molar-refractivity contribution in [1.29, 1.82) is 0 Å². The second kappa shape index (κ2) is 3.68. The number of ether oxygens (including phenoxy) is 2. The lowest BCUT2D eigenvalue weighted by Crippen LogP contribution is -2.60. The van der Waals surface area contributed by atoms with E-state index >= 15 is 0 Å². The predicted octanol–water partition coefficient (Wildman–Crippen LogP) is -1.57. The van der Waals surface area contributed by atoms with Gasteiger partial charge in [0.05, 0.1) is 18.2 Å². The summed E-state index contributed by atoms with van der Waals surface area (Å²) in [5.41, 5.74) is 5.52. The molecule has 0 amide bonds. The molecule has 72 valence electrons. The molecule has 0 aromatic rings. The first kappa shape index (κ1) is 9.88. The summed E-state index contributed by atoms with van der Waals surface area (Å²) in [5, 5.41) is 18.8. The van der Waals surface area contributed by atoms with Crippen molar-refractivity contribution >= 4 is 0 Å². The van der Waals surface area contributed by atoms with Gasteiger partial charge in [-0.1, -0.05) is 0 Å². The third kappa shape index (κ3) is 1.60. The Morgan fingerprint density at radius 2 is 1.92 bits per heavy atom. The summed E-state index contributed by atoms with van der Waals surface area (Å²) in [7, 11) is 1.42. The monoisotopic (exact) mass is 177 g/mol. The maximum atomic E-state index is 9.39. The SMILES string of the molecule is CO[C@@H]1O[C@@H](C)[C@H](O)[C@@H](N)[C@@H]1O. The van der Waals surface area contributed by atoms with Gasteiger partial charge in [-0.3, -0.25) is 0 Å². The van der Waals surface area contributed by atoms with Crippen LogP contribution in [0.25, 0.3) is 0 Å². The predicted molar refractivity (Wildman–Crippen MR) is 41.3 cm³/mol. The summed E-state index contributed by atoms with van der Waals surface area (Å²) >= 11 is 0. The highest BCUT2D eigenvalue weighted by Gasteiger charge is 2.40. The van der Waals surface area contributed by atoms with Crippen LogP contribution in [0, 0.1) is 0 Å². The van der Waals surface area contributed by atoms with Crippen molar-refractivity contribution in [1.82, 2.24) is 0 Å². The molecule has 4 N–H and O–H groups in total. The zero-order valence-corrected chi connectivity index (χ0v) is 7.18. The van der Waals surface area contributed by atoms with Crippen LogP contribution in [-0.4, -0.2) is 48.0 Å². The van der Waals surface area contributed by atoms with Crippen LogP contribution in [0.5, 0.6) is 0 Å². The highest BCUT2D eigenvalue weighted by molar-refractivity contribution is 4.89. The van der Waals surface area contributed by atoms with Crippen molar-refractivity contribution in [2.24, 2.45) is 5.73 Å². The number of aliphatic hydroxyl groups is 2. The van der Waals surface area contributed by atoms with E-state index in [9.17, 15) is 10.2 Å². The van der Waals surface area contributed by atoms with Gasteiger partial charge in [-0.15, -0.1) is 0 Å². The Labute approximate surface area is 71.1 Å². The molecule has 5 atom stereocenters. The van der Waals surface area contributed by atoms with Crippen molar-refractivity contribution in [3.8, 4) is 0 Å². The lowest BCUT2D eigenvalue weighted by Gasteiger charge is -2.39. The van der Waals surface area contributed by atoms with E-state index in [0.717, 1.165) is 0 Å². The van der Waals surface area contributed by atoms with Crippen LogP contribution >= 0.6 is 0 Å². The van der Waals surface area contributed by atoms with Crippen LogP contribution in [0.4, 0.5) is 0 Å². The molecule has 0 radical (unpaired) electrons. The van der Waals surface area contributed by atoms with Gasteiger partial charge in [0, 0.05) is 7.11 Å². The Morgan fingerprint density at radius 1 is 1.33 bits per heavy atom. The fraction of sp³-hybridized carbons (Fsp3) is 1.00. The lowest BCUT2D eigenvalue weighted by molar-refractivity contribution is -0.258. The zero-order valence-electron chi connectivity index (χ0n) is 7.18. The summed E-state index contributed by atoms with van der Waals surface area (Å²) in [6, 6.07) is -0.710. The Bertz CT molecular complexity index is 150. The Morgan fingerprint density at radius 3 is 2.42 bits per heavy atom. The number of nitrogens with two attached hydrogens (primary N) is 1. The fourth-order valence-corrected chi connectivity index (χ4v) is 1.26. The Balaban J connectivity index is 2.63. The quantitative estimate of drug-likeness (QED) is 0.450. The van der Waals surface area contributed by atoms with Gasteiger partial charge in [0.2, 0.25) is 0 Å². The number of rotatable bonds is 1. The lowest BCUT2D eigenvalue weighted by atomic mass is 9.98. The molecule has 5 nitrogen and oxygen atoms in total. The van der Waals surface area contributed by atoms with E-state index in [1.54, 1.807) is 6.92 Å². The minimum absolute atomic E-state index is 0.409.